The molecule has 3 rings (SSSR count). The van der Waals surface area contributed by atoms with Crippen LogP contribution in [0.3, 0.4) is 0 Å². The number of pyridine rings is 1. The Bertz CT molecular complexity index is 683. The summed E-state index contributed by atoms with van der Waals surface area (Å²) >= 11 is 0. The van der Waals surface area contributed by atoms with E-state index in [9.17, 15) is 9.59 Å². The van der Waals surface area contributed by atoms with E-state index in [1.165, 1.54) is 4.90 Å². The number of anilines is 2. The number of hydrogen-bond donors (Lipinski definition) is 2. The number of amides is 3. The van der Waals surface area contributed by atoms with E-state index in [2.05, 4.69) is 10.3 Å². The summed E-state index contributed by atoms with van der Waals surface area (Å²) in [5, 5.41) is 3.09. The van der Waals surface area contributed by atoms with Crippen LogP contribution in [-0.2, 0) is 4.79 Å². The van der Waals surface area contributed by atoms with E-state index in [0.717, 1.165) is 5.39 Å². The maximum absolute atomic E-state index is 11.9. The van der Waals surface area contributed by atoms with Crippen LogP contribution in [0.15, 0.2) is 30.5 Å². The molecule has 2 heterocycles. The number of fused-ring (bicyclic) bond motifs is 1. The van der Waals surface area contributed by atoms with Crippen molar-refractivity contribution in [2.45, 2.75) is 6.42 Å². The van der Waals surface area contributed by atoms with Gasteiger partial charge >= 0.3 is 6.03 Å². The number of aromatic nitrogens is 1. The van der Waals surface area contributed by atoms with Gasteiger partial charge in [-0.15, -0.1) is 0 Å². The van der Waals surface area contributed by atoms with E-state index >= 15 is 0 Å². The first-order valence-electron chi connectivity index (χ1n) is 5.91. The second-order valence-electron chi connectivity index (χ2n) is 4.33. The summed E-state index contributed by atoms with van der Waals surface area (Å²) in [5.74, 6) is -0.256. The number of benzene rings is 1. The van der Waals surface area contributed by atoms with E-state index in [1.54, 1.807) is 18.3 Å². The highest BCUT2D eigenvalue weighted by Crippen LogP contribution is 2.29. The highest BCUT2D eigenvalue weighted by molar-refractivity contribution is 6.10. The molecule has 3 amide bonds. The van der Waals surface area contributed by atoms with Crippen molar-refractivity contribution in [1.29, 1.82) is 0 Å². The molecule has 0 bridgehead atoms. The monoisotopic (exact) mass is 256 g/mol. The molecule has 0 unspecified atom stereocenters. The largest absolute Gasteiger partial charge is 0.398 e. The van der Waals surface area contributed by atoms with E-state index < -0.39 is 6.03 Å². The molecule has 1 aliphatic rings. The summed E-state index contributed by atoms with van der Waals surface area (Å²) in [4.78, 5) is 28.8. The molecule has 1 aromatic heterocycles. The standard InChI is InChI=1S/C13H12N4O2/c14-9-4-6-15-12-8(9)2-1-3-10(12)17-7-5-11(18)16-13(17)19/h1-4,6H,5,7H2,(H2,14,15)(H,16,18,19). The van der Waals surface area contributed by atoms with Gasteiger partial charge in [-0.2, -0.15) is 0 Å². The first-order chi connectivity index (χ1) is 9.16. The van der Waals surface area contributed by atoms with Gasteiger partial charge in [0.1, 0.15) is 0 Å². The molecule has 0 aliphatic carbocycles. The van der Waals surface area contributed by atoms with Gasteiger partial charge in [0.15, 0.2) is 0 Å². The normalized spacial score (nSPS) is 15.7. The lowest BCUT2D eigenvalue weighted by molar-refractivity contribution is -0.120. The Morgan fingerprint density at radius 3 is 2.89 bits per heavy atom. The van der Waals surface area contributed by atoms with E-state index in [4.69, 9.17) is 5.73 Å². The first kappa shape index (κ1) is 11.5. The number of hydrogen-bond acceptors (Lipinski definition) is 4. The van der Waals surface area contributed by atoms with Crippen molar-refractivity contribution >= 4 is 34.2 Å². The minimum absolute atomic E-state index is 0.256. The lowest BCUT2D eigenvalue weighted by atomic mass is 10.1. The third-order valence-electron chi connectivity index (χ3n) is 3.13. The van der Waals surface area contributed by atoms with Crippen molar-refractivity contribution in [3.63, 3.8) is 0 Å². The highest BCUT2D eigenvalue weighted by Gasteiger charge is 2.25. The van der Waals surface area contributed by atoms with Gasteiger partial charge in [-0.05, 0) is 12.1 Å². The molecule has 1 saturated heterocycles. The van der Waals surface area contributed by atoms with Gasteiger partial charge < -0.3 is 5.73 Å². The van der Waals surface area contributed by atoms with E-state index in [0.29, 0.717) is 23.4 Å². The zero-order valence-corrected chi connectivity index (χ0v) is 10.1. The second kappa shape index (κ2) is 4.24. The maximum Gasteiger partial charge on any atom is 0.328 e. The smallest absolute Gasteiger partial charge is 0.328 e. The first-order valence-corrected chi connectivity index (χ1v) is 5.91. The minimum Gasteiger partial charge on any atom is -0.398 e. The molecule has 6 nitrogen and oxygen atoms in total. The maximum atomic E-state index is 11.9. The van der Waals surface area contributed by atoms with Crippen molar-refractivity contribution in [2.24, 2.45) is 0 Å². The predicted molar refractivity (Wildman–Crippen MR) is 71.7 cm³/mol. The summed E-state index contributed by atoms with van der Waals surface area (Å²) in [6.45, 7) is 0.347. The minimum atomic E-state index is -0.423. The molecular formula is C13H12N4O2. The van der Waals surface area contributed by atoms with Crippen LogP contribution in [0.4, 0.5) is 16.2 Å². The SMILES string of the molecule is Nc1ccnc2c(N3CCC(=O)NC3=O)cccc12. The summed E-state index contributed by atoms with van der Waals surface area (Å²) in [6, 6.07) is 6.76. The van der Waals surface area contributed by atoms with Crippen molar-refractivity contribution in [2.75, 3.05) is 17.2 Å². The molecule has 0 radical (unpaired) electrons. The van der Waals surface area contributed by atoms with Crippen molar-refractivity contribution in [3.05, 3.63) is 30.5 Å². The molecule has 1 aliphatic heterocycles. The quantitative estimate of drug-likeness (QED) is 0.804. The van der Waals surface area contributed by atoms with Gasteiger partial charge in [-0.3, -0.25) is 20.0 Å². The summed E-state index contributed by atoms with van der Waals surface area (Å²) < 4.78 is 0. The van der Waals surface area contributed by atoms with Gasteiger partial charge in [0.25, 0.3) is 0 Å². The second-order valence-corrected chi connectivity index (χ2v) is 4.33. The van der Waals surface area contributed by atoms with Crippen LogP contribution >= 0.6 is 0 Å². The predicted octanol–water partition coefficient (Wildman–Crippen LogP) is 1.26. The Balaban J connectivity index is 2.13. The van der Waals surface area contributed by atoms with Crippen LogP contribution in [0, 0.1) is 0 Å². The summed E-state index contributed by atoms with van der Waals surface area (Å²) in [7, 11) is 0. The molecule has 96 valence electrons. The lowest BCUT2D eigenvalue weighted by Gasteiger charge is -2.27. The van der Waals surface area contributed by atoms with Crippen LogP contribution in [0.5, 0.6) is 0 Å². The number of nitrogens with two attached hydrogens (primary N) is 1. The number of nitrogens with one attached hydrogen (secondary N) is 1. The van der Waals surface area contributed by atoms with Gasteiger partial charge in [-0.1, -0.05) is 12.1 Å². The number of urea groups is 1. The van der Waals surface area contributed by atoms with Gasteiger partial charge in [0.05, 0.1) is 11.2 Å². The number of carbonyl (C=O) groups is 2. The van der Waals surface area contributed by atoms with Crippen molar-refractivity contribution in [1.82, 2.24) is 10.3 Å². The number of nitrogen functional groups attached to an aromatic ring is 1. The molecule has 0 atom stereocenters. The third kappa shape index (κ3) is 1.87. The number of imide groups is 1. The Kier molecular flexibility index (Phi) is 2.56. The fourth-order valence-corrected chi connectivity index (χ4v) is 2.19. The average molecular weight is 256 g/mol. The number of para-hydroxylation sites is 1. The van der Waals surface area contributed by atoms with Crippen molar-refractivity contribution in [3.8, 4) is 0 Å². The molecule has 1 aromatic carbocycles. The van der Waals surface area contributed by atoms with Crippen LogP contribution in [0.1, 0.15) is 6.42 Å². The lowest BCUT2D eigenvalue weighted by Crippen LogP contribution is -2.49. The molecule has 0 spiro atoms. The van der Waals surface area contributed by atoms with Crippen LogP contribution in [-0.4, -0.2) is 23.5 Å². The summed E-state index contributed by atoms with van der Waals surface area (Å²) in [5.41, 5.74) is 7.83. The van der Waals surface area contributed by atoms with Gasteiger partial charge in [-0.25, -0.2) is 4.79 Å². The Morgan fingerprint density at radius 1 is 1.26 bits per heavy atom. The summed E-state index contributed by atoms with van der Waals surface area (Å²) in [6.07, 6.45) is 1.89. The molecule has 3 N–H and O–H groups in total. The molecule has 2 aromatic rings. The Hall–Kier alpha value is -2.63. The van der Waals surface area contributed by atoms with Gasteiger partial charge in [0.2, 0.25) is 5.91 Å². The van der Waals surface area contributed by atoms with Crippen LogP contribution in [0.2, 0.25) is 0 Å². The van der Waals surface area contributed by atoms with E-state index in [-0.39, 0.29) is 12.3 Å². The molecule has 1 fully saturated rings. The zero-order chi connectivity index (χ0) is 13.4. The fraction of sp³-hybridized carbons (Fsp3) is 0.154. The van der Waals surface area contributed by atoms with Crippen molar-refractivity contribution < 1.29 is 9.59 Å². The zero-order valence-electron chi connectivity index (χ0n) is 10.1. The van der Waals surface area contributed by atoms with Crippen LogP contribution in [0.25, 0.3) is 10.9 Å². The third-order valence-corrected chi connectivity index (χ3v) is 3.13. The Labute approximate surface area is 109 Å². The number of nitrogens with zero attached hydrogens (tertiary/aromatic N) is 2. The van der Waals surface area contributed by atoms with Crippen LogP contribution < -0.4 is 16.0 Å². The molecular weight excluding hydrogens is 244 g/mol. The van der Waals surface area contributed by atoms with E-state index in [1.807, 2.05) is 12.1 Å². The topological polar surface area (TPSA) is 88.3 Å². The van der Waals surface area contributed by atoms with Gasteiger partial charge in [0, 0.05) is 30.2 Å². The number of carbonyl (C=O) groups excluding carboxylic acids is 2. The fourth-order valence-electron chi connectivity index (χ4n) is 2.19. The average Bonchev–Trinajstić information content (AvgIpc) is 2.39. The number of rotatable bonds is 1. The Morgan fingerprint density at radius 2 is 2.11 bits per heavy atom. The molecule has 0 saturated carbocycles. The molecule has 19 heavy (non-hydrogen) atoms. The highest BCUT2D eigenvalue weighted by atomic mass is 16.2. The molecule has 6 heteroatoms.